The summed E-state index contributed by atoms with van der Waals surface area (Å²) in [5.74, 6) is -2.57. The molecule has 0 saturated carbocycles. The normalized spacial score (nSPS) is 13.2. The largest absolute Gasteiger partial charge is 0.460 e. The highest BCUT2D eigenvalue weighted by molar-refractivity contribution is 5.69. The maximum absolute atomic E-state index is 12.4. The van der Waals surface area contributed by atoms with Crippen molar-refractivity contribution in [2.24, 2.45) is 0 Å². The Morgan fingerprint density at radius 2 is 1.81 bits per heavy atom. The Bertz CT molecular complexity index is 278. The number of rotatable bonds is 4. The topological polar surface area (TPSA) is 46.5 Å². The summed E-state index contributed by atoms with van der Waals surface area (Å²) in [6.45, 7) is 4.93. The quantitative estimate of drug-likeness (QED) is 0.768. The average Bonchev–Trinajstić information content (AvgIpc) is 2.09. The van der Waals surface area contributed by atoms with E-state index in [1.807, 2.05) is 0 Å². The highest BCUT2D eigenvalue weighted by atomic mass is 19.3. The van der Waals surface area contributed by atoms with E-state index < -0.39 is 36.0 Å². The molecule has 0 saturated heterocycles. The fourth-order valence-corrected chi connectivity index (χ4v) is 0.900. The molecule has 1 N–H and O–H groups in total. The van der Waals surface area contributed by atoms with Crippen LogP contribution in [-0.4, -0.2) is 22.8 Å². The lowest BCUT2D eigenvalue weighted by Gasteiger charge is -2.19. The molecule has 94 valence electrons. The van der Waals surface area contributed by atoms with Crippen molar-refractivity contribution < 1.29 is 27.8 Å². The van der Waals surface area contributed by atoms with E-state index in [1.165, 1.54) is 0 Å². The Morgan fingerprint density at radius 1 is 1.31 bits per heavy atom. The second-order valence-electron chi connectivity index (χ2n) is 4.25. The van der Waals surface area contributed by atoms with Crippen molar-refractivity contribution in [1.29, 1.82) is 0 Å². The molecule has 1 unspecified atom stereocenters. The van der Waals surface area contributed by atoms with Crippen molar-refractivity contribution in [1.82, 2.24) is 0 Å². The molecule has 16 heavy (non-hydrogen) atoms. The van der Waals surface area contributed by atoms with Crippen molar-refractivity contribution >= 4 is 5.97 Å². The summed E-state index contributed by atoms with van der Waals surface area (Å²) >= 11 is 0. The maximum Gasteiger partial charge on any atom is 0.306 e. The summed E-state index contributed by atoms with van der Waals surface area (Å²) in [5.41, 5.74) is -0.693. The first-order chi connectivity index (χ1) is 7.13. The summed E-state index contributed by atoms with van der Waals surface area (Å²) in [7, 11) is 0. The molecular weight excluding hydrogens is 225 g/mol. The van der Waals surface area contributed by atoms with E-state index in [2.05, 4.69) is 0 Å². The van der Waals surface area contributed by atoms with Gasteiger partial charge in [-0.15, -0.1) is 0 Å². The van der Waals surface area contributed by atoms with Crippen LogP contribution < -0.4 is 0 Å². The Morgan fingerprint density at radius 3 is 2.19 bits per heavy atom. The fourth-order valence-electron chi connectivity index (χ4n) is 0.900. The summed E-state index contributed by atoms with van der Waals surface area (Å²) in [4.78, 5) is 11.1. The highest BCUT2D eigenvalue weighted by Gasteiger charge is 2.21. The van der Waals surface area contributed by atoms with E-state index in [9.17, 15) is 18.0 Å². The zero-order chi connectivity index (χ0) is 12.9. The number of hydrogen-bond donors (Lipinski definition) is 1. The lowest BCUT2D eigenvalue weighted by atomic mass is 10.1. The monoisotopic (exact) mass is 240 g/mol. The smallest absolute Gasteiger partial charge is 0.306 e. The van der Waals surface area contributed by atoms with Crippen LogP contribution in [0.4, 0.5) is 13.2 Å². The minimum atomic E-state index is -2.57. The van der Waals surface area contributed by atoms with Crippen LogP contribution in [0.3, 0.4) is 0 Å². The number of ether oxygens (including phenoxy) is 1. The molecule has 0 aliphatic rings. The third-order valence-corrected chi connectivity index (χ3v) is 1.52. The summed E-state index contributed by atoms with van der Waals surface area (Å²) in [6, 6.07) is 0. The van der Waals surface area contributed by atoms with E-state index in [0.29, 0.717) is 0 Å². The molecule has 0 fully saturated rings. The van der Waals surface area contributed by atoms with Gasteiger partial charge in [-0.1, -0.05) is 0 Å². The fraction of sp³-hybridized carbons (Fsp3) is 0.700. The van der Waals surface area contributed by atoms with Gasteiger partial charge in [-0.3, -0.25) is 4.79 Å². The highest BCUT2D eigenvalue weighted by Crippen LogP contribution is 2.18. The lowest BCUT2D eigenvalue weighted by molar-refractivity contribution is -0.155. The van der Waals surface area contributed by atoms with Gasteiger partial charge < -0.3 is 9.84 Å². The molecule has 0 aromatic rings. The van der Waals surface area contributed by atoms with Gasteiger partial charge in [0.2, 0.25) is 0 Å². The maximum atomic E-state index is 12.4. The van der Waals surface area contributed by atoms with Crippen molar-refractivity contribution in [3.63, 3.8) is 0 Å². The molecule has 0 amide bonds. The van der Waals surface area contributed by atoms with Gasteiger partial charge in [-0.2, -0.15) is 8.78 Å². The Labute approximate surface area is 91.9 Å². The van der Waals surface area contributed by atoms with Gasteiger partial charge >= 0.3 is 12.0 Å². The molecule has 1 atom stereocenters. The molecule has 0 spiro atoms. The van der Waals surface area contributed by atoms with E-state index in [0.717, 1.165) is 0 Å². The summed E-state index contributed by atoms with van der Waals surface area (Å²) in [5, 5.41) is 8.91. The van der Waals surface area contributed by atoms with Gasteiger partial charge in [0.25, 0.3) is 0 Å². The zero-order valence-corrected chi connectivity index (χ0v) is 9.39. The molecule has 0 heterocycles. The van der Waals surface area contributed by atoms with Gasteiger partial charge in [0.05, 0.1) is 0 Å². The van der Waals surface area contributed by atoms with Crippen LogP contribution in [0.1, 0.15) is 33.6 Å². The lowest BCUT2D eigenvalue weighted by Crippen LogP contribution is -2.24. The zero-order valence-electron chi connectivity index (χ0n) is 9.39. The van der Waals surface area contributed by atoms with E-state index in [4.69, 9.17) is 9.84 Å². The number of esters is 1. The van der Waals surface area contributed by atoms with Crippen molar-refractivity contribution in [3.05, 3.63) is 11.9 Å². The van der Waals surface area contributed by atoms with Gasteiger partial charge in [0.15, 0.2) is 5.83 Å². The van der Waals surface area contributed by atoms with Gasteiger partial charge in [-0.05, 0) is 27.2 Å². The summed E-state index contributed by atoms with van der Waals surface area (Å²) < 4.78 is 40.7. The van der Waals surface area contributed by atoms with Crippen molar-refractivity contribution in [2.45, 2.75) is 45.3 Å². The van der Waals surface area contributed by atoms with E-state index in [-0.39, 0.29) is 6.42 Å². The third-order valence-electron chi connectivity index (χ3n) is 1.52. The molecular formula is C10H15F3O3. The predicted octanol–water partition coefficient (Wildman–Crippen LogP) is 2.55. The number of halogens is 3. The molecule has 0 bridgehead atoms. The van der Waals surface area contributed by atoms with E-state index in [1.54, 1.807) is 20.8 Å². The third kappa shape index (κ3) is 6.44. The van der Waals surface area contributed by atoms with Crippen LogP contribution in [0.25, 0.3) is 0 Å². The Hall–Kier alpha value is -1.04. The molecule has 6 heteroatoms. The number of aliphatic hydroxyl groups excluding tert-OH is 1. The van der Waals surface area contributed by atoms with Crippen LogP contribution in [0.5, 0.6) is 0 Å². The number of hydrogen-bond acceptors (Lipinski definition) is 3. The second kappa shape index (κ2) is 5.89. The van der Waals surface area contributed by atoms with Crippen LogP contribution in [-0.2, 0) is 9.53 Å². The standard InChI is InChI=1S/C10H15F3O3/c1-10(2,3)16-7(15)5-4-6(14)8(11)9(12)13/h6,14H,4-5H2,1-3H3. The molecule has 0 radical (unpaired) electrons. The second-order valence-corrected chi connectivity index (χ2v) is 4.25. The van der Waals surface area contributed by atoms with Crippen molar-refractivity contribution in [3.8, 4) is 0 Å². The molecule has 3 nitrogen and oxygen atoms in total. The molecule has 0 aromatic carbocycles. The minimum Gasteiger partial charge on any atom is -0.460 e. The van der Waals surface area contributed by atoms with Gasteiger partial charge in [0, 0.05) is 6.42 Å². The predicted molar refractivity (Wildman–Crippen MR) is 51.4 cm³/mol. The first-order valence-corrected chi connectivity index (χ1v) is 4.74. The van der Waals surface area contributed by atoms with Crippen LogP contribution in [0.15, 0.2) is 11.9 Å². The Kier molecular flexibility index (Phi) is 5.50. The molecule has 0 aromatic heterocycles. The number of carbonyl (C=O) groups excluding carboxylic acids is 1. The number of aliphatic hydroxyl groups is 1. The average molecular weight is 240 g/mol. The van der Waals surface area contributed by atoms with Gasteiger partial charge in [-0.25, -0.2) is 4.39 Å². The van der Waals surface area contributed by atoms with Gasteiger partial charge in [0.1, 0.15) is 11.7 Å². The first kappa shape index (κ1) is 15.0. The summed E-state index contributed by atoms with van der Waals surface area (Å²) in [6.07, 6.45) is -5.29. The minimum absolute atomic E-state index is 0.320. The van der Waals surface area contributed by atoms with E-state index >= 15 is 0 Å². The van der Waals surface area contributed by atoms with Crippen LogP contribution in [0.2, 0.25) is 0 Å². The first-order valence-electron chi connectivity index (χ1n) is 4.74. The Balaban J connectivity index is 4.08. The molecule has 0 rings (SSSR count). The van der Waals surface area contributed by atoms with Crippen LogP contribution in [0, 0.1) is 0 Å². The SMILES string of the molecule is CC(C)(C)OC(=O)CCC(O)C(F)=C(F)F. The molecule has 0 aliphatic carbocycles. The van der Waals surface area contributed by atoms with Crippen molar-refractivity contribution in [2.75, 3.05) is 0 Å². The van der Waals surface area contributed by atoms with Crippen LogP contribution >= 0.6 is 0 Å². The molecule has 0 aliphatic heterocycles. The number of carbonyl (C=O) groups is 1.